The Morgan fingerprint density at radius 2 is 2.24 bits per heavy atom. The van der Waals surface area contributed by atoms with E-state index < -0.39 is 0 Å². The van der Waals surface area contributed by atoms with E-state index in [1.54, 1.807) is 4.57 Å². The Kier molecular flexibility index (Phi) is 2.80. The number of aromatic nitrogens is 1. The Hall–Kier alpha value is -1.96. The molecule has 1 aromatic rings. The number of nitrogens with two attached hydrogens (primary N) is 1. The van der Waals surface area contributed by atoms with Gasteiger partial charge >= 0.3 is 0 Å². The van der Waals surface area contributed by atoms with Crippen molar-refractivity contribution in [3.63, 3.8) is 0 Å². The van der Waals surface area contributed by atoms with Gasteiger partial charge in [0.2, 0.25) is 5.91 Å². The predicted molar refractivity (Wildman–Crippen MR) is 64.2 cm³/mol. The lowest BCUT2D eigenvalue weighted by Gasteiger charge is -2.09. The Labute approximate surface area is 100 Å². The van der Waals surface area contributed by atoms with Crippen LogP contribution < -0.4 is 11.1 Å². The first-order valence-electron chi connectivity index (χ1n) is 5.69. The predicted octanol–water partition coefficient (Wildman–Crippen LogP) is 0.837. The van der Waals surface area contributed by atoms with E-state index >= 15 is 0 Å². The van der Waals surface area contributed by atoms with Gasteiger partial charge in [0.05, 0.1) is 5.56 Å². The molecule has 0 unspecified atom stereocenters. The van der Waals surface area contributed by atoms with E-state index in [9.17, 15) is 4.79 Å². The number of nitrogen functional groups attached to an aromatic ring is 1. The van der Waals surface area contributed by atoms with Crippen LogP contribution in [-0.4, -0.2) is 16.5 Å². The van der Waals surface area contributed by atoms with Crippen LogP contribution in [0.3, 0.4) is 0 Å². The molecule has 1 fully saturated rings. The maximum atomic E-state index is 11.7. The molecule has 0 spiro atoms. The van der Waals surface area contributed by atoms with Gasteiger partial charge in [-0.2, -0.15) is 5.26 Å². The van der Waals surface area contributed by atoms with Gasteiger partial charge in [0, 0.05) is 11.7 Å². The normalized spacial score (nSPS) is 14.4. The number of nitriles is 1. The second-order valence-corrected chi connectivity index (χ2v) is 4.51. The molecule has 1 aliphatic carbocycles. The van der Waals surface area contributed by atoms with Crippen molar-refractivity contribution in [1.82, 2.24) is 9.88 Å². The standard InChI is InChI=1S/C12H16N4O/c1-7-8(2)16(12(14)10(7)5-13)6-11(17)15-9-3-4-9/h9H,3-4,6,14H2,1-2H3,(H,15,17). The molecule has 1 saturated carbocycles. The highest BCUT2D eigenvalue weighted by atomic mass is 16.2. The van der Waals surface area contributed by atoms with Crippen molar-refractivity contribution in [2.45, 2.75) is 39.3 Å². The minimum atomic E-state index is -0.0400. The number of carbonyl (C=O) groups excluding carboxylic acids is 1. The Bertz CT molecular complexity index is 506. The molecule has 5 heteroatoms. The van der Waals surface area contributed by atoms with Crippen molar-refractivity contribution in [2.24, 2.45) is 0 Å². The molecule has 2 rings (SSSR count). The van der Waals surface area contributed by atoms with Gasteiger partial charge in [0.1, 0.15) is 18.4 Å². The lowest BCUT2D eigenvalue weighted by molar-refractivity contribution is -0.121. The lowest BCUT2D eigenvalue weighted by atomic mass is 10.2. The molecule has 0 saturated heterocycles. The molecule has 1 heterocycles. The SMILES string of the molecule is Cc1c(C#N)c(N)n(CC(=O)NC2CC2)c1C. The summed E-state index contributed by atoms with van der Waals surface area (Å²) in [4.78, 5) is 11.7. The van der Waals surface area contributed by atoms with Crippen LogP contribution in [0, 0.1) is 25.2 Å². The third-order valence-electron chi connectivity index (χ3n) is 3.23. The van der Waals surface area contributed by atoms with Crippen LogP contribution >= 0.6 is 0 Å². The Balaban J connectivity index is 2.20. The largest absolute Gasteiger partial charge is 0.384 e. The van der Waals surface area contributed by atoms with Gasteiger partial charge in [-0.15, -0.1) is 0 Å². The van der Waals surface area contributed by atoms with Crippen molar-refractivity contribution in [3.8, 4) is 6.07 Å². The molecule has 0 bridgehead atoms. The van der Waals surface area contributed by atoms with Crippen LogP contribution in [-0.2, 0) is 11.3 Å². The summed E-state index contributed by atoms with van der Waals surface area (Å²) in [6, 6.07) is 2.42. The molecular formula is C12H16N4O. The van der Waals surface area contributed by atoms with E-state index in [0.717, 1.165) is 24.1 Å². The first kappa shape index (κ1) is 11.5. The zero-order chi connectivity index (χ0) is 12.6. The molecule has 17 heavy (non-hydrogen) atoms. The van der Waals surface area contributed by atoms with E-state index in [4.69, 9.17) is 11.0 Å². The van der Waals surface area contributed by atoms with Crippen LogP contribution in [0.4, 0.5) is 5.82 Å². The second-order valence-electron chi connectivity index (χ2n) is 4.51. The fourth-order valence-corrected chi connectivity index (χ4v) is 1.88. The average Bonchev–Trinajstić information content (AvgIpc) is 3.05. The molecule has 1 aromatic heterocycles. The summed E-state index contributed by atoms with van der Waals surface area (Å²) < 4.78 is 1.70. The van der Waals surface area contributed by atoms with Gasteiger partial charge in [-0.05, 0) is 32.3 Å². The van der Waals surface area contributed by atoms with Crippen LogP contribution in [0.2, 0.25) is 0 Å². The first-order valence-corrected chi connectivity index (χ1v) is 5.69. The topological polar surface area (TPSA) is 83.8 Å². The van der Waals surface area contributed by atoms with Crippen molar-refractivity contribution >= 4 is 11.7 Å². The number of nitrogens with one attached hydrogen (secondary N) is 1. The van der Waals surface area contributed by atoms with Gasteiger partial charge in [0.15, 0.2) is 0 Å². The fourth-order valence-electron chi connectivity index (χ4n) is 1.88. The number of hydrogen-bond donors (Lipinski definition) is 2. The summed E-state index contributed by atoms with van der Waals surface area (Å²) in [5, 5.41) is 11.9. The summed E-state index contributed by atoms with van der Waals surface area (Å²) in [6.45, 7) is 3.91. The monoisotopic (exact) mass is 232 g/mol. The zero-order valence-electron chi connectivity index (χ0n) is 10.1. The zero-order valence-corrected chi connectivity index (χ0v) is 10.1. The van der Waals surface area contributed by atoms with Crippen LogP contribution in [0.15, 0.2) is 0 Å². The number of amides is 1. The highest BCUT2D eigenvalue weighted by Crippen LogP contribution is 2.23. The molecule has 5 nitrogen and oxygen atoms in total. The number of carbonyl (C=O) groups is 1. The van der Waals surface area contributed by atoms with Crippen LogP contribution in [0.25, 0.3) is 0 Å². The van der Waals surface area contributed by atoms with Gasteiger partial charge in [-0.25, -0.2) is 0 Å². The highest BCUT2D eigenvalue weighted by Gasteiger charge is 2.24. The average molecular weight is 232 g/mol. The molecule has 1 aliphatic rings. The van der Waals surface area contributed by atoms with E-state index in [-0.39, 0.29) is 12.5 Å². The van der Waals surface area contributed by atoms with E-state index in [1.165, 1.54) is 0 Å². The highest BCUT2D eigenvalue weighted by molar-refractivity contribution is 5.77. The van der Waals surface area contributed by atoms with E-state index in [1.807, 2.05) is 13.8 Å². The van der Waals surface area contributed by atoms with Crippen molar-refractivity contribution < 1.29 is 4.79 Å². The van der Waals surface area contributed by atoms with Gasteiger partial charge in [-0.3, -0.25) is 4.79 Å². The van der Waals surface area contributed by atoms with Gasteiger partial charge in [-0.1, -0.05) is 0 Å². The summed E-state index contributed by atoms with van der Waals surface area (Å²) >= 11 is 0. The minimum absolute atomic E-state index is 0.0400. The second kappa shape index (κ2) is 4.13. The third kappa shape index (κ3) is 2.11. The molecule has 0 aliphatic heterocycles. The molecule has 0 aromatic carbocycles. The maximum Gasteiger partial charge on any atom is 0.240 e. The smallest absolute Gasteiger partial charge is 0.240 e. The van der Waals surface area contributed by atoms with Crippen LogP contribution in [0.1, 0.15) is 29.7 Å². The van der Waals surface area contributed by atoms with Crippen molar-refractivity contribution in [3.05, 3.63) is 16.8 Å². The third-order valence-corrected chi connectivity index (χ3v) is 3.23. The summed E-state index contributed by atoms with van der Waals surface area (Å²) in [5.41, 5.74) is 8.08. The molecular weight excluding hydrogens is 216 g/mol. The number of nitrogens with zero attached hydrogens (tertiary/aromatic N) is 2. The number of rotatable bonds is 3. The first-order chi connectivity index (χ1) is 8.04. The summed E-state index contributed by atoms with van der Waals surface area (Å²) in [6.07, 6.45) is 2.13. The molecule has 90 valence electrons. The fraction of sp³-hybridized carbons (Fsp3) is 0.500. The van der Waals surface area contributed by atoms with Crippen molar-refractivity contribution in [1.29, 1.82) is 5.26 Å². The molecule has 0 radical (unpaired) electrons. The van der Waals surface area contributed by atoms with E-state index in [0.29, 0.717) is 17.4 Å². The molecule has 3 N–H and O–H groups in total. The summed E-state index contributed by atoms with van der Waals surface area (Å²) in [7, 11) is 0. The number of hydrogen-bond acceptors (Lipinski definition) is 3. The van der Waals surface area contributed by atoms with Crippen LogP contribution in [0.5, 0.6) is 0 Å². The molecule has 1 amide bonds. The quantitative estimate of drug-likeness (QED) is 0.809. The van der Waals surface area contributed by atoms with Gasteiger partial charge in [0.25, 0.3) is 0 Å². The molecule has 0 atom stereocenters. The van der Waals surface area contributed by atoms with E-state index in [2.05, 4.69) is 11.4 Å². The number of anilines is 1. The minimum Gasteiger partial charge on any atom is -0.384 e. The Morgan fingerprint density at radius 1 is 1.59 bits per heavy atom. The lowest BCUT2D eigenvalue weighted by Crippen LogP contribution is -2.30. The maximum absolute atomic E-state index is 11.7. The van der Waals surface area contributed by atoms with Gasteiger partial charge < -0.3 is 15.6 Å². The van der Waals surface area contributed by atoms with Crippen molar-refractivity contribution in [2.75, 3.05) is 5.73 Å². The Morgan fingerprint density at radius 3 is 2.71 bits per heavy atom. The summed E-state index contributed by atoms with van der Waals surface area (Å²) in [5.74, 6) is 0.343.